The monoisotopic (exact) mass is 368 g/mol. The Morgan fingerprint density at radius 1 is 1.20 bits per heavy atom. The minimum Gasteiger partial charge on any atom is -0.493 e. The Morgan fingerprint density at radius 3 is 2.64 bits per heavy atom. The molecule has 2 aliphatic rings. The normalized spacial score (nSPS) is 20.4. The average Bonchev–Trinajstić information content (AvgIpc) is 3.27. The number of halogens is 1. The van der Waals surface area contributed by atoms with Gasteiger partial charge in [0.25, 0.3) is 5.91 Å². The SMILES string of the molecule is CNCC1CCCN1C(=O)c1ccc(OC2CCCC2)c(OC)c1.Cl. The van der Waals surface area contributed by atoms with Crippen molar-refractivity contribution in [3.63, 3.8) is 0 Å². The molecule has 6 heteroatoms. The first-order valence-electron chi connectivity index (χ1n) is 9.03. The topological polar surface area (TPSA) is 50.8 Å². The lowest BCUT2D eigenvalue weighted by atomic mass is 10.1. The molecule has 1 unspecified atom stereocenters. The van der Waals surface area contributed by atoms with Gasteiger partial charge in [-0.25, -0.2) is 0 Å². The van der Waals surface area contributed by atoms with Gasteiger partial charge in [-0.05, 0) is 63.8 Å². The highest BCUT2D eigenvalue weighted by Gasteiger charge is 2.29. The van der Waals surface area contributed by atoms with Crippen LogP contribution in [0.3, 0.4) is 0 Å². The van der Waals surface area contributed by atoms with Crippen molar-refractivity contribution in [2.24, 2.45) is 0 Å². The smallest absolute Gasteiger partial charge is 0.254 e. The molecule has 140 valence electrons. The lowest BCUT2D eigenvalue weighted by molar-refractivity contribution is 0.0736. The van der Waals surface area contributed by atoms with Gasteiger partial charge in [0.05, 0.1) is 13.2 Å². The van der Waals surface area contributed by atoms with E-state index in [2.05, 4.69) is 5.32 Å². The van der Waals surface area contributed by atoms with E-state index in [1.54, 1.807) is 7.11 Å². The molecular weight excluding hydrogens is 340 g/mol. The van der Waals surface area contributed by atoms with Gasteiger partial charge in [-0.3, -0.25) is 4.79 Å². The quantitative estimate of drug-likeness (QED) is 0.837. The summed E-state index contributed by atoms with van der Waals surface area (Å²) in [5, 5.41) is 3.18. The van der Waals surface area contributed by atoms with Crippen molar-refractivity contribution in [2.45, 2.75) is 50.7 Å². The molecule has 25 heavy (non-hydrogen) atoms. The fraction of sp³-hybridized carbons (Fsp3) is 0.632. The largest absolute Gasteiger partial charge is 0.493 e. The number of carbonyl (C=O) groups excluding carboxylic acids is 1. The van der Waals surface area contributed by atoms with Gasteiger partial charge in [0.2, 0.25) is 0 Å². The maximum absolute atomic E-state index is 12.9. The maximum Gasteiger partial charge on any atom is 0.254 e. The van der Waals surface area contributed by atoms with Crippen molar-refractivity contribution in [3.8, 4) is 11.5 Å². The summed E-state index contributed by atoms with van der Waals surface area (Å²) in [7, 11) is 3.56. The molecule has 3 rings (SSSR count). The summed E-state index contributed by atoms with van der Waals surface area (Å²) in [5.74, 6) is 1.48. The molecule has 1 aliphatic carbocycles. The Hall–Kier alpha value is -1.46. The molecule has 1 saturated heterocycles. The zero-order valence-electron chi connectivity index (χ0n) is 15.1. The average molecular weight is 369 g/mol. The Bertz CT molecular complexity index is 576. The number of carbonyl (C=O) groups is 1. The van der Waals surface area contributed by atoms with Crippen LogP contribution in [0.15, 0.2) is 18.2 Å². The van der Waals surface area contributed by atoms with Crippen LogP contribution in [0.5, 0.6) is 11.5 Å². The Balaban J connectivity index is 0.00000225. The van der Waals surface area contributed by atoms with Crippen LogP contribution in [-0.4, -0.2) is 50.2 Å². The Labute approximate surface area is 156 Å². The molecule has 1 atom stereocenters. The predicted octanol–water partition coefficient (Wildman–Crippen LogP) is 3.26. The molecular formula is C19H29ClN2O3. The van der Waals surface area contributed by atoms with Gasteiger partial charge in [0, 0.05) is 24.7 Å². The van der Waals surface area contributed by atoms with Gasteiger partial charge in [-0.2, -0.15) is 0 Å². The number of likely N-dealkylation sites (N-methyl/N-ethyl adjacent to an activating group) is 1. The molecule has 2 fully saturated rings. The first-order chi connectivity index (χ1) is 11.7. The second kappa shape index (κ2) is 9.30. The standard InChI is InChI=1S/C19H28N2O3.ClH/c1-20-13-15-6-5-11-21(15)19(22)14-9-10-17(18(12-14)23-2)24-16-7-3-4-8-16;/h9-10,12,15-16,20H,3-8,11,13H2,1-2H3;1H. The molecule has 1 saturated carbocycles. The zero-order chi connectivity index (χ0) is 16.9. The van der Waals surface area contributed by atoms with Gasteiger partial charge in [-0.1, -0.05) is 0 Å². The van der Waals surface area contributed by atoms with E-state index in [0.717, 1.165) is 44.5 Å². The van der Waals surface area contributed by atoms with E-state index in [0.29, 0.717) is 11.3 Å². The number of ether oxygens (including phenoxy) is 2. The first kappa shape index (κ1) is 19.9. The van der Waals surface area contributed by atoms with Crippen LogP contribution in [0.1, 0.15) is 48.9 Å². The van der Waals surface area contributed by atoms with Crippen LogP contribution < -0.4 is 14.8 Å². The van der Waals surface area contributed by atoms with Crippen molar-refractivity contribution in [1.29, 1.82) is 0 Å². The lowest BCUT2D eigenvalue weighted by Crippen LogP contribution is -2.40. The number of likely N-dealkylation sites (tertiary alicyclic amines) is 1. The van der Waals surface area contributed by atoms with E-state index < -0.39 is 0 Å². The number of amides is 1. The lowest BCUT2D eigenvalue weighted by Gasteiger charge is -2.25. The highest BCUT2D eigenvalue weighted by Crippen LogP contribution is 2.33. The Kier molecular flexibility index (Phi) is 7.38. The van der Waals surface area contributed by atoms with E-state index in [9.17, 15) is 4.79 Å². The summed E-state index contributed by atoms with van der Waals surface area (Å²) in [6.07, 6.45) is 7.06. The summed E-state index contributed by atoms with van der Waals surface area (Å²) >= 11 is 0. The summed E-state index contributed by atoms with van der Waals surface area (Å²) in [4.78, 5) is 14.8. The fourth-order valence-corrected chi connectivity index (χ4v) is 3.80. The van der Waals surface area contributed by atoms with Crippen LogP contribution in [-0.2, 0) is 0 Å². The summed E-state index contributed by atoms with van der Waals surface area (Å²) in [6.45, 7) is 1.67. The number of rotatable bonds is 6. The van der Waals surface area contributed by atoms with E-state index in [1.165, 1.54) is 12.8 Å². The Morgan fingerprint density at radius 2 is 1.96 bits per heavy atom. The van der Waals surface area contributed by atoms with Gasteiger partial charge in [0.1, 0.15) is 0 Å². The van der Waals surface area contributed by atoms with Crippen molar-refractivity contribution < 1.29 is 14.3 Å². The molecule has 1 amide bonds. The maximum atomic E-state index is 12.9. The van der Waals surface area contributed by atoms with Crippen molar-refractivity contribution in [3.05, 3.63) is 23.8 Å². The number of hydrogen-bond donors (Lipinski definition) is 1. The fourth-order valence-electron chi connectivity index (χ4n) is 3.80. The highest BCUT2D eigenvalue weighted by atomic mass is 35.5. The molecule has 0 spiro atoms. The molecule has 0 bridgehead atoms. The summed E-state index contributed by atoms with van der Waals surface area (Å²) < 4.78 is 11.5. The second-order valence-electron chi connectivity index (χ2n) is 6.74. The predicted molar refractivity (Wildman–Crippen MR) is 101 cm³/mol. The number of benzene rings is 1. The highest BCUT2D eigenvalue weighted by molar-refractivity contribution is 5.95. The van der Waals surface area contributed by atoms with Crippen LogP contribution in [0, 0.1) is 0 Å². The molecule has 1 aliphatic heterocycles. The van der Waals surface area contributed by atoms with Crippen molar-refractivity contribution in [1.82, 2.24) is 10.2 Å². The number of nitrogens with zero attached hydrogens (tertiary/aromatic N) is 1. The van der Waals surface area contributed by atoms with E-state index in [-0.39, 0.29) is 30.5 Å². The number of hydrogen-bond acceptors (Lipinski definition) is 4. The van der Waals surface area contributed by atoms with E-state index in [4.69, 9.17) is 9.47 Å². The van der Waals surface area contributed by atoms with Gasteiger partial charge < -0.3 is 19.7 Å². The van der Waals surface area contributed by atoms with Crippen LogP contribution >= 0.6 is 12.4 Å². The zero-order valence-corrected chi connectivity index (χ0v) is 15.9. The number of nitrogens with one attached hydrogen (secondary N) is 1. The van der Waals surface area contributed by atoms with Gasteiger partial charge >= 0.3 is 0 Å². The summed E-state index contributed by atoms with van der Waals surface area (Å²) in [6, 6.07) is 5.85. The molecule has 5 nitrogen and oxygen atoms in total. The van der Waals surface area contributed by atoms with E-state index >= 15 is 0 Å². The molecule has 1 aromatic rings. The first-order valence-corrected chi connectivity index (χ1v) is 9.03. The molecule has 1 heterocycles. The minimum atomic E-state index is 0. The molecule has 0 aromatic heterocycles. The van der Waals surface area contributed by atoms with Gasteiger partial charge in [-0.15, -0.1) is 12.4 Å². The summed E-state index contributed by atoms with van der Waals surface area (Å²) in [5.41, 5.74) is 0.675. The van der Waals surface area contributed by atoms with Crippen LogP contribution in [0.2, 0.25) is 0 Å². The van der Waals surface area contributed by atoms with Crippen LogP contribution in [0.4, 0.5) is 0 Å². The molecule has 0 radical (unpaired) electrons. The third-order valence-electron chi connectivity index (χ3n) is 5.08. The molecule has 1 N–H and O–H groups in total. The second-order valence-corrected chi connectivity index (χ2v) is 6.74. The van der Waals surface area contributed by atoms with Gasteiger partial charge in [0.15, 0.2) is 11.5 Å². The van der Waals surface area contributed by atoms with Crippen molar-refractivity contribution in [2.75, 3.05) is 27.2 Å². The van der Waals surface area contributed by atoms with Crippen molar-refractivity contribution >= 4 is 18.3 Å². The third kappa shape index (κ3) is 4.59. The minimum absolute atomic E-state index is 0. The number of methoxy groups -OCH3 is 1. The third-order valence-corrected chi connectivity index (χ3v) is 5.08. The van der Waals surface area contributed by atoms with E-state index in [1.807, 2.05) is 30.1 Å². The molecule has 1 aromatic carbocycles. The van der Waals surface area contributed by atoms with Crippen LogP contribution in [0.25, 0.3) is 0 Å².